The Bertz CT molecular complexity index is 1920. The van der Waals surface area contributed by atoms with Crippen LogP contribution in [0.5, 0.6) is 34.5 Å². The maximum atomic E-state index is 13.1. The van der Waals surface area contributed by atoms with Gasteiger partial charge in [-0.05, 0) is 120 Å². The third-order valence-corrected chi connectivity index (χ3v) is 7.76. The second-order valence-corrected chi connectivity index (χ2v) is 10.9. The highest BCUT2D eigenvalue weighted by atomic mass is 16.5. The first-order chi connectivity index (χ1) is 23.3. The number of rotatable bonds is 11. The molecule has 0 spiro atoms. The molecule has 48 heavy (non-hydrogen) atoms. The number of hydrogen-bond acceptors (Lipinski definition) is 8. The summed E-state index contributed by atoms with van der Waals surface area (Å²) in [5, 5.41) is 0. The molecule has 0 aliphatic heterocycles. The highest BCUT2D eigenvalue weighted by Gasteiger charge is 2.16. The Labute approximate surface area is 278 Å². The molecule has 8 nitrogen and oxygen atoms in total. The molecule has 0 atom stereocenters. The Balaban J connectivity index is 1.11. The van der Waals surface area contributed by atoms with Crippen molar-refractivity contribution in [3.8, 4) is 45.6 Å². The van der Waals surface area contributed by atoms with Crippen LogP contribution in [0.25, 0.3) is 11.1 Å². The second kappa shape index (κ2) is 13.8. The van der Waals surface area contributed by atoms with Crippen molar-refractivity contribution in [3.63, 3.8) is 0 Å². The van der Waals surface area contributed by atoms with Crippen LogP contribution in [0, 0.1) is 0 Å². The molecule has 0 aromatic heterocycles. The zero-order valence-electron chi connectivity index (χ0n) is 26.3. The number of carbonyl (C=O) groups excluding carboxylic acids is 2. The summed E-state index contributed by atoms with van der Waals surface area (Å²) in [4.78, 5) is 26.2. The fraction of sp³-hybridized carbons (Fsp3) is 0.0500. The Morgan fingerprint density at radius 2 is 0.729 bits per heavy atom. The van der Waals surface area contributed by atoms with Crippen molar-refractivity contribution in [1.82, 2.24) is 0 Å². The fourth-order valence-electron chi connectivity index (χ4n) is 5.09. The summed E-state index contributed by atoms with van der Waals surface area (Å²) >= 11 is 0. The summed E-state index contributed by atoms with van der Waals surface area (Å²) < 4.78 is 22.5. The molecule has 6 aromatic carbocycles. The molecular formula is C40H32N2O6. The number of hydrogen-bond donors (Lipinski definition) is 2. The summed E-state index contributed by atoms with van der Waals surface area (Å²) in [6.45, 7) is 0. The van der Waals surface area contributed by atoms with Gasteiger partial charge >= 0.3 is 0 Å². The number of nitrogen functional groups attached to an aromatic ring is 2. The average molecular weight is 637 g/mol. The van der Waals surface area contributed by atoms with E-state index >= 15 is 0 Å². The normalized spacial score (nSPS) is 10.6. The van der Waals surface area contributed by atoms with Crippen molar-refractivity contribution >= 4 is 22.9 Å². The molecular weight excluding hydrogens is 604 g/mol. The molecule has 6 rings (SSSR count). The zero-order valence-corrected chi connectivity index (χ0v) is 26.3. The van der Waals surface area contributed by atoms with Crippen LogP contribution < -0.4 is 30.4 Å². The van der Waals surface area contributed by atoms with Crippen molar-refractivity contribution in [1.29, 1.82) is 0 Å². The lowest BCUT2D eigenvalue weighted by Gasteiger charge is -2.12. The molecule has 8 heteroatoms. The quantitative estimate of drug-likeness (QED) is 0.107. The van der Waals surface area contributed by atoms with Gasteiger partial charge in [0, 0.05) is 33.6 Å². The van der Waals surface area contributed by atoms with E-state index in [4.69, 9.17) is 30.4 Å². The number of benzene rings is 6. The summed E-state index contributed by atoms with van der Waals surface area (Å²) in [6, 6.07) is 39.0. The average Bonchev–Trinajstić information content (AvgIpc) is 3.13. The van der Waals surface area contributed by atoms with Gasteiger partial charge in [-0.1, -0.05) is 24.3 Å². The summed E-state index contributed by atoms with van der Waals surface area (Å²) in [6.07, 6.45) is 0. The highest BCUT2D eigenvalue weighted by molar-refractivity contribution is 6.13. The SMILES string of the molecule is COc1ccc(C(=O)c2cc(Oc3ccc(-c4ccc(Oc5ccc(N)c(C(=O)c6ccc(OC)cc6)c5)cc4)cc3)ccc2N)cc1. The van der Waals surface area contributed by atoms with Gasteiger partial charge < -0.3 is 30.4 Å². The van der Waals surface area contributed by atoms with Gasteiger partial charge in [0.2, 0.25) is 0 Å². The smallest absolute Gasteiger partial charge is 0.195 e. The van der Waals surface area contributed by atoms with E-state index in [-0.39, 0.29) is 11.6 Å². The van der Waals surface area contributed by atoms with Gasteiger partial charge in [0.05, 0.1) is 14.2 Å². The molecule has 0 radical (unpaired) electrons. The first-order valence-electron chi connectivity index (χ1n) is 15.0. The first-order valence-corrected chi connectivity index (χ1v) is 15.0. The largest absolute Gasteiger partial charge is 0.497 e. The van der Waals surface area contributed by atoms with Crippen LogP contribution in [-0.2, 0) is 0 Å². The number of anilines is 2. The lowest BCUT2D eigenvalue weighted by molar-refractivity contribution is 0.103. The second-order valence-electron chi connectivity index (χ2n) is 10.9. The number of carbonyl (C=O) groups is 2. The molecule has 0 aliphatic carbocycles. The molecule has 0 aliphatic rings. The Morgan fingerprint density at radius 1 is 0.417 bits per heavy atom. The molecule has 238 valence electrons. The molecule has 0 saturated carbocycles. The van der Waals surface area contributed by atoms with Crippen LogP contribution in [0.3, 0.4) is 0 Å². The molecule has 0 bridgehead atoms. The van der Waals surface area contributed by atoms with Crippen molar-refractivity contribution in [2.24, 2.45) is 0 Å². The predicted molar refractivity (Wildman–Crippen MR) is 187 cm³/mol. The molecule has 0 fully saturated rings. The van der Waals surface area contributed by atoms with E-state index in [1.165, 1.54) is 0 Å². The van der Waals surface area contributed by atoms with Crippen LogP contribution in [0.4, 0.5) is 11.4 Å². The van der Waals surface area contributed by atoms with Crippen LogP contribution in [-0.4, -0.2) is 25.8 Å². The predicted octanol–water partition coefficient (Wildman–Crippen LogP) is 8.58. The summed E-state index contributed by atoms with van der Waals surface area (Å²) in [5.41, 5.74) is 16.7. The molecule has 0 unspecified atom stereocenters. The van der Waals surface area contributed by atoms with Gasteiger partial charge in [-0.3, -0.25) is 9.59 Å². The van der Waals surface area contributed by atoms with E-state index in [1.807, 2.05) is 48.5 Å². The Kier molecular flexibility index (Phi) is 9.07. The van der Waals surface area contributed by atoms with Crippen LogP contribution in [0.1, 0.15) is 31.8 Å². The molecule has 6 aromatic rings. The third-order valence-electron chi connectivity index (χ3n) is 7.76. The minimum Gasteiger partial charge on any atom is -0.497 e. The highest BCUT2D eigenvalue weighted by Crippen LogP contribution is 2.32. The number of ketones is 2. The Hall–Kier alpha value is -6.54. The van der Waals surface area contributed by atoms with Gasteiger partial charge in [-0.15, -0.1) is 0 Å². The minimum absolute atomic E-state index is 0.206. The van der Waals surface area contributed by atoms with E-state index in [9.17, 15) is 9.59 Å². The van der Waals surface area contributed by atoms with E-state index in [0.29, 0.717) is 68.1 Å². The van der Waals surface area contributed by atoms with Gasteiger partial charge in [0.1, 0.15) is 34.5 Å². The maximum Gasteiger partial charge on any atom is 0.195 e. The van der Waals surface area contributed by atoms with E-state index in [0.717, 1.165) is 11.1 Å². The van der Waals surface area contributed by atoms with Gasteiger partial charge in [0.15, 0.2) is 11.6 Å². The lowest BCUT2D eigenvalue weighted by atomic mass is 10.0. The van der Waals surface area contributed by atoms with Crippen molar-refractivity contribution in [3.05, 3.63) is 156 Å². The van der Waals surface area contributed by atoms with Gasteiger partial charge in [-0.25, -0.2) is 0 Å². The maximum absolute atomic E-state index is 13.1. The summed E-state index contributed by atoms with van der Waals surface area (Å²) in [7, 11) is 3.15. The zero-order chi connectivity index (χ0) is 33.6. The number of ether oxygens (including phenoxy) is 4. The van der Waals surface area contributed by atoms with E-state index < -0.39 is 0 Å². The molecule has 4 N–H and O–H groups in total. The van der Waals surface area contributed by atoms with Crippen LogP contribution >= 0.6 is 0 Å². The standard InChI is InChI=1S/C40H32N2O6/c1-45-29-11-7-27(8-12-29)39(43)35-23-33(19-21-37(35)41)47-31-15-3-25(4-16-31)26-5-17-32(18-6-26)48-34-20-22-38(42)36(24-34)40(44)28-9-13-30(46-2)14-10-28/h3-24H,41-42H2,1-2H3. The first kappa shape index (κ1) is 31.4. The monoisotopic (exact) mass is 636 g/mol. The van der Waals surface area contributed by atoms with Crippen molar-refractivity contribution in [2.75, 3.05) is 25.7 Å². The number of nitrogens with two attached hydrogens (primary N) is 2. The number of methoxy groups -OCH3 is 2. The van der Waals surface area contributed by atoms with E-state index in [2.05, 4.69) is 0 Å². The van der Waals surface area contributed by atoms with Crippen molar-refractivity contribution in [2.45, 2.75) is 0 Å². The van der Waals surface area contributed by atoms with Crippen LogP contribution in [0.2, 0.25) is 0 Å². The van der Waals surface area contributed by atoms with Gasteiger partial charge in [-0.2, -0.15) is 0 Å². The molecule has 0 heterocycles. The lowest BCUT2D eigenvalue weighted by Crippen LogP contribution is -2.05. The van der Waals surface area contributed by atoms with Gasteiger partial charge in [0.25, 0.3) is 0 Å². The minimum atomic E-state index is -0.206. The topological polar surface area (TPSA) is 123 Å². The third kappa shape index (κ3) is 6.98. The van der Waals surface area contributed by atoms with E-state index in [1.54, 1.807) is 99.1 Å². The molecule has 0 amide bonds. The fourth-order valence-corrected chi connectivity index (χ4v) is 5.09. The molecule has 0 saturated heterocycles. The van der Waals surface area contributed by atoms with Crippen molar-refractivity contribution < 1.29 is 28.5 Å². The van der Waals surface area contributed by atoms with Crippen LogP contribution in [0.15, 0.2) is 133 Å². The summed E-state index contributed by atoms with van der Waals surface area (Å²) in [5.74, 6) is 3.11. The Morgan fingerprint density at radius 3 is 1.06 bits per heavy atom.